The minimum Gasteiger partial charge on any atom is -0.382 e. The third-order valence-corrected chi connectivity index (χ3v) is 3.02. The van der Waals surface area contributed by atoms with E-state index in [1.54, 1.807) is 14.2 Å². The molecular weight excluding hydrogens is 208 g/mol. The van der Waals surface area contributed by atoms with Crippen molar-refractivity contribution in [3.63, 3.8) is 0 Å². The average Bonchev–Trinajstić information content (AvgIpc) is 2.29. The SMILES string of the molecule is COCC(CNCC1(N)CCOCC1)OC. The standard InChI is InChI=1S/C11H24N2O3/c1-14-8-10(15-2)7-13-9-11(12)3-5-16-6-4-11/h10,13H,3-9,12H2,1-2H3. The number of rotatable bonds is 7. The summed E-state index contributed by atoms with van der Waals surface area (Å²) in [5.41, 5.74) is 6.12. The number of ether oxygens (including phenoxy) is 3. The lowest BCUT2D eigenvalue weighted by atomic mass is 9.91. The van der Waals surface area contributed by atoms with E-state index in [2.05, 4.69) is 5.32 Å². The molecule has 0 aromatic rings. The highest BCUT2D eigenvalue weighted by Crippen LogP contribution is 2.16. The van der Waals surface area contributed by atoms with Crippen molar-refractivity contribution in [1.29, 1.82) is 0 Å². The Kier molecular flexibility index (Phi) is 6.23. The first-order valence-corrected chi connectivity index (χ1v) is 5.79. The zero-order chi connectivity index (χ0) is 11.9. The van der Waals surface area contributed by atoms with Crippen LogP contribution in [0.5, 0.6) is 0 Å². The Labute approximate surface area is 97.6 Å². The molecule has 0 bridgehead atoms. The molecular formula is C11H24N2O3. The van der Waals surface area contributed by atoms with Crippen molar-refractivity contribution in [2.45, 2.75) is 24.5 Å². The van der Waals surface area contributed by atoms with Crippen LogP contribution in [0, 0.1) is 0 Å². The molecule has 0 aromatic heterocycles. The number of hydrogen-bond acceptors (Lipinski definition) is 5. The minimum absolute atomic E-state index is 0.0911. The molecule has 1 aliphatic rings. The molecule has 1 saturated heterocycles. The van der Waals surface area contributed by atoms with Crippen molar-refractivity contribution >= 4 is 0 Å². The Balaban J connectivity index is 2.17. The number of nitrogens with two attached hydrogens (primary N) is 1. The van der Waals surface area contributed by atoms with Gasteiger partial charge in [-0.05, 0) is 12.8 Å². The third kappa shape index (κ3) is 4.76. The van der Waals surface area contributed by atoms with Gasteiger partial charge in [-0.25, -0.2) is 0 Å². The predicted octanol–water partition coefficient (Wildman–Crippen LogP) is -0.255. The molecule has 3 N–H and O–H groups in total. The zero-order valence-corrected chi connectivity index (χ0v) is 10.3. The summed E-state index contributed by atoms with van der Waals surface area (Å²) in [5, 5.41) is 3.35. The largest absolute Gasteiger partial charge is 0.382 e. The third-order valence-electron chi connectivity index (χ3n) is 3.02. The maximum atomic E-state index is 6.25. The Morgan fingerprint density at radius 1 is 1.38 bits per heavy atom. The van der Waals surface area contributed by atoms with Gasteiger partial charge in [0, 0.05) is 46.1 Å². The highest BCUT2D eigenvalue weighted by atomic mass is 16.5. The van der Waals surface area contributed by atoms with E-state index >= 15 is 0 Å². The van der Waals surface area contributed by atoms with Crippen LogP contribution in [0.1, 0.15) is 12.8 Å². The zero-order valence-electron chi connectivity index (χ0n) is 10.3. The fraction of sp³-hybridized carbons (Fsp3) is 1.00. The maximum absolute atomic E-state index is 6.25. The molecule has 5 heteroatoms. The number of hydrogen-bond donors (Lipinski definition) is 2. The van der Waals surface area contributed by atoms with E-state index in [0.717, 1.165) is 39.1 Å². The van der Waals surface area contributed by atoms with Crippen LogP contribution in [-0.4, -0.2) is 58.8 Å². The quantitative estimate of drug-likeness (QED) is 0.633. The lowest BCUT2D eigenvalue weighted by Gasteiger charge is -2.34. The second-order valence-corrected chi connectivity index (χ2v) is 4.42. The van der Waals surface area contributed by atoms with Gasteiger partial charge in [0.05, 0.1) is 12.7 Å². The number of nitrogens with one attached hydrogen (secondary N) is 1. The van der Waals surface area contributed by atoms with Crippen molar-refractivity contribution in [3.05, 3.63) is 0 Å². The Bertz CT molecular complexity index is 184. The second-order valence-electron chi connectivity index (χ2n) is 4.42. The molecule has 0 spiro atoms. The summed E-state index contributed by atoms with van der Waals surface area (Å²) in [4.78, 5) is 0. The van der Waals surface area contributed by atoms with E-state index in [9.17, 15) is 0 Å². The Morgan fingerprint density at radius 3 is 2.62 bits per heavy atom. The summed E-state index contributed by atoms with van der Waals surface area (Å²) in [5.74, 6) is 0. The molecule has 0 aromatic carbocycles. The van der Waals surface area contributed by atoms with Crippen molar-refractivity contribution in [2.24, 2.45) is 5.73 Å². The van der Waals surface area contributed by atoms with E-state index in [4.69, 9.17) is 19.9 Å². The topological polar surface area (TPSA) is 65.7 Å². The molecule has 16 heavy (non-hydrogen) atoms. The molecule has 1 fully saturated rings. The average molecular weight is 232 g/mol. The van der Waals surface area contributed by atoms with Gasteiger partial charge in [-0.1, -0.05) is 0 Å². The predicted molar refractivity (Wildman–Crippen MR) is 62.5 cm³/mol. The highest BCUT2D eigenvalue weighted by Gasteiger charge is 2.27. The van der Waals surface area contributed by atoms with Crippen molar-refractivity contribution in [1.82, 2.24) is 5.32 Å². The molecule has 1 rings (SSSR count). The van der Waals surface area contributed by atoms with Crippen LogP contribution in [-0.2, 0) is 14.2 Å². The van der Waals surface area contributed by atoms with E-state index in [1.807, 2.05) is 0 Å². The van der Waals surface area contributed by atoms with E-state index in [0.29, 0.717) is 6.61 Å². The molecule has 5 nitrogen and oxygen atoms in total. The van der Waals surface area contributed by atoms with E-state index in [-0.39, 0.29) is 11.6 Å². The summed E-state index contributed by atoms with van der Waals surface area (Å²) in [6.07, 6.45) is 1.93. The van der Waals surface area contributed by atoms with Crippen molar-refractivity contribution < 1.29 is 14.2 Å². The molecule has 0 radical (unpaired) electrons. The lowest BCUT2D eigenvalue weighted by molar-refractivity contribution is 0.0241. The van der Waals surface area contributed by atoms with Crippen molar-refractivity contribution in [3.8, 4) is 0 Å². The molecule has 1 heterocycles. The van der Waals surface area contributed by atoms with Gasteiger partial charge in [-0.15, -0.1) is 0 Å². The molecule has 0 aliphatic carbocycles. The summed E-state index contributed by atoms with van der Waals surface area (Å²) in [6, 6.07) is 0. The van der Waals surface area contributed by atoms with Crippen LogP contribution >= 0.6 is 0 Å². The first-order valence-electron chi connectivity index (χ1n) is 5.79. The first kappa shape index (κ1) is 13.9. The molecule has 0 amide bonds. The molecule has 1 unspecified atom stereocenters. The monoisotopic (exact) mass is 232 g/mol. The second kappa shape index (κ2) is 7.19. The van der Waals surface area contributed by atoms with Gasteiger partial charge in [0.15, 0.2) is 0 Å². The first-order chi connectivity index (χ1) is 7.70. The van der Waals surface area contributed by atoms with Gasteiger partial charge in [0.1, 0.15) is 0 Å². The highest BCUT2D eigenvalue weighted by molar-refractivity contribution is 4.88. The van der Waals surface area contributed by atoms with Gasteiger partial charge in [-0.3, -0.25) is 0 Å². The van der Waals surface area contributed by atoms with E-state index in [1.165, 1.54) is 0 Å². The Hall–Kier alpha value is -0.200. The van der Waals surface area contributed by atoms with Crippen LogP contribution < -0.4 is 11.1 Å². The van der Waals surface area contributed by atoms with Gasteiger partial charge < -0.3 is 25.3 Å². The molecule has 1 atom stereocenters. The van der Waals surface area contributed by atoms with Crippen LogP contribution in [0.15, 0.2) is 0 Å². The minimum atomic E-state index is -0.121. The molecule has 96 valence electrons. The van der Waals surface area contributed by atoms with Gasteiger partial charge in [0.25, 0.3) is 0 Å². The fourth-order valence-corrected chi connectivity index (χ4v) is 1.83. The van der Waals surface area contributed by atoms with Gasteiger partial charge in [0.2, 0.25) is 0 Å². The molecule has 1 aliphatic heterocycles. The summed E-state index contributed by atoms with van der Waals surface area (Å²) in [7, 11) is 3.37. The summed E-state index contributed by atoms with van der Waals surface area (Å²) >= 11 is 0. The Morgan fingerprint density at radius 2 is 2.06 bits per heavy atom. The van der Waals surface area contributed by atoms with Gasteiger partial charge in [-0.2, -0.15) is 0 Å². The van der Waals surface area contributed by atoms with Crippen LogP contribution in [0.4, 0.5) is 0 Å². The number of methoxy groups -OCH3 is 2. The summed E-state index contributed by atoms with van der Waals surface area (Å²) < 4.78 is 15.6. The fourth-order valence-electron chi connectivity index (χ4n) is 1.83. The lowest BCUT2D eigenvalue weighted by Crippen LogP contribution is -2.53. The summed E-state index contributed by atoms with van der Waals surface area (Å²) in [6.45, 7) is 3.71. The van der Waals surface area contributed by atoms with Crippen LogP contribution in [0.25, 0.3) is 0 Å². The maximum Gasteiger partial charge on any atom is 0.0928 e. The smallest absolute Gasteiger partial charge is 0.0928 e. The normalized spacial score (nSPS) is 21.9. The van der Waals surface area contributed by atoms with Crippen LogP contribution in [0.3, 0.4) is 0 Å². The van der Waals surface area contributed by atoms with Crippen molar-refractivity contribution in [2.75, 3.05) is 47.1 Å². The van der Waals surface area contributed by atoms with Gasteiger partial charge >= 0.3 is 0 Å². The van der Waals surface area contributed by atoms with E-state index < -0.39 is 0 Å². The van der Waals surface area contributed by atoms with Crippen LogP contribution in [0.2, 0.25) is 0 Å². The molecule has 0 saturated carbocycles.